The second kappa shape index (κ2) is 6.19. The summed E-state index contributed by atoms with van der Waals surface area (Å²) in [5.74, 6) is 0.756. The number of ether oxygens (including phenoxy) is 1. The minimum absolute atomic E-state index is 0.0608. The van der Waals surface area contributed by atoms with Crippen LogP contribution in [-0.2, 0) is 19.4 Å². The Balaban J connectivity index is 1.96. The number of nitrogens with one attached hydrogen (secondary N) is 1. The third-order valence-corrected chi connectivity index (χ3v) is 5.59. The van der Waals surface area contributed by atoms with Gasteiger partial charge < -0.3 is 15.0 Å². The summed E-state index contributed by atoms with van der Waals surface area (Å²) >= 11 is 0. The average molecular weight is 290 g/mol. The molecule has 0 aliphatic carbocycles. The Kier molecular flexibility index (Phi) is 4.81. The molecule has 0 spiro atoms. The molecule has 2 rings (SSSR count). The quantitative estimate of drug-likeness (QED) is 0.697. The molecule has 1 unspecified atom stereocenters. The van der Waals surface area contributed by atoms with Gasteiger partial charge in [0.25, 0.3) is 0 Å². The third kappa shape index (κ3) is 3.90. The highest BCUT2D eigenvalue weighted by atomic mass is 32.2. The normalized spacial score (nSPS) is 26.1. The van der Waals surface area contributed by atoms with E-state index in [-0.39, 0.29) is 23.5 Å². The maximum atomic E-state index is 12.3. The van der Waals surface area contributed by atoms with Gasteiger partial charge in [0.15, 0.2) is 9.84 Å². The molecule has 0 aromatic carbocycles. The molecule has 2 saturated heterocycles. The van der Waals surface area contributed by atoms with Crippen molar-refractivity contribution in [3.8, 4) is 0 Å². The lowest BCUT2D eigenvalue weighted by Gasteiger charge is -2.32. The highest BCUT2D eigenvalue weighted by molar-refractivity contribution is 7.91. The second-order valence-electron chi connectivity index (χ2n) is 5.37. The van der Waals surface area contributed by atoms with Crippen molar-refractivity contribution in [2.24, 2.45) is 5.92 Å². The van der Waals surface area contributed by atoms with Gasteiger partial charge in [-0.15, -0.1) is 0 Å². The average Bonchev–Trinajstić information content (AvgIpc) is 2.65. The number of methoxy groups -OCH3 is 1. The number of rotatable bonds is 6. The fourth-order valence-corrected chi connectivity index (χ4v) is 4.31. The summed E-state index contributed by atoms with van der Waals surface area (Å²) < 4.78 is 28.1. The Bertz CT molecular complexity index is 419. The first kappa shape index (κ1) is 14.7. The molecule has 0 bridgehead atoms. The van der Waals surface area contributed by atoms with Crippen molar-refractivity contribution in [3.63, 3.8) is 0 Å². The predicted octanol–water partition coefficient (Wildman–Crippen LogP) is -0.742. The zero-order valence-electron chi connectivity index (χ0n) is 11.3. The first-order valence-electron chi connectivity index (χ1n) is 6.71. The van der Waals surface area contributed by atoms with Crippen LogP contribution in [-0.4, -0.2) is 70.1 Å². The van der Waals surface area contributed by atoms with Gasteiger partial charge in [0.05, 0.1) is 18.1 Å². The van der Waals surface area contributed by atoms with Crippen LogP contribution in [0, 0.1) is 5.92 Å². The zero-order chi connectivity index (χ0) is 13.9. The lowest BCUT2D eigenvalue weighted by Crippen LogP contribution is -2.48. The molecule has 1 atom stereocenters. The van der Waals surface area contributed by atoms with Crippen LogP contribution in [0.5, 0.6) is 0 Å². The standard InChI is InChI=1S/C12H22N2O4S/c1-18-4-3-14(11-2-5-19(16,17)9-11)12(15)6-10-7-13-8-10/h10-11,13H,2-9H2,1H3. The number of sulfone groups is 1. The minimum Gasteiger partial charge on any atom is -0.383 e. The van der Waals surface area contributed by atoms with E-state index in [1.165, 1.54) is 0 Å². The molecule has 0 saturated carbocycles. The zero-order valence-corrected chi connectivity index (χ0v) is 12.1. The lowest BCUT2D eigenvalue weighted by atomic mass is 9.98. The van der Waals surface area contributed by atoms with Crippen molar-refractivity contribution in [1.82, 2.24) is 10.2 Å². The van der Waals surface area contributed by atoms with E-state index in [2.05, 4.69) is 5.32 Å². The summed E-state index contributed by atoms with van der Waals surface area (Å²) in [7, 11) is -1.38. The maximum absolute atomic E-state index is 12.3. The topological polar surface area (TPSA) is 75.7 Å². The number of hydrogen-bond donors (Lipinski definition) is 1. The van der Waals surface area contributed by atoms with Gasteiger partial charge >= 0.3 is 0 Å². The molecule has 2 heterocycles. The van der Waals surface area contributed by atoms with Crippen molar-refractivity contribution in [1.29, 1.82) is 0 Å². The molecule has 6 nitrogen and oxygen atoms in total. The number of nitrogens with zero attached hydrogens (tertiary/aromatic N) is 1. The molecule has 7 heteroatoms. The molecular formula is C12H22N2O4S. The first-order chi connectivity index (χ1) is 9.02. The van der Waals surface area contributed by atoms with E-state index in [0.29, 0.717) is 31.9 Å². The Morgan fingerprint density at radius 3 is 2.63 bits per heavy atom. The molecule has 1 N–H and O–H groups in total. The molecule has 0 radical (unpaired) electrons. The van der Waals surface area contributed by atoms with Crippen LogP contribution in [0.3, 0.4) is 0 Å². The third-order valence-electron chi connectivity index (χ3n) is 3.84. The van der Waals surface area contributed by atoms with E-state index in [1.807, 2.05) is 0 Å². The summed E-state index contributed by atoms with van der Waals surface area (Å²) in [5, 5.41) is 3.14. The summed E-state index contributed by atoms with van der Waals surface area (Å²) in [6.07, 6.45) is 1.06. The molecule has 110 valence electrons. The van der Waals surface area contributed by atoms with Gasteiger partial charge in [0.2, 0.25) is 5.91 Å². The summed E-state index contributed by atoms with van der Waals surface area (Å²) in [4.78, 5) is 14.0. The van der Waals surface area contributed by atoms with Crippen LogP contribution in [0.25, 0.3) is 0 Å². The molecule has 0 aromatic heterocycles. The molecule has 1 amide bonds. The van der Waals surface area contributed by atoms with Crippen LogP contribution in [0.4, 0.5) is 0 Å². The number of carbonyl (C=O) groups excluding carboxylic acids is 1. The summed E-state index contributed by atoms with van der Waals surface area (Å²) in [6, 6.07) is -0.166. The molecule has 2 aliphatic heterocycles. The van der Waals surface area contributed by atoms with Gasteiger partial charge in [0.1, 0.15) is 0 Å². The van der Waals surface area contributed by atoms with E-state index in [0.717, 1.165) is 13.1 Å². The van der Waals surface area contributed by atoms with Gasteiger partial charge in [0, 0.05) is 26.1 Å². The van der Waals surface area contributed by atoms with Crippen LogP contribution in [0.2, 0.25) is 0 Å². The Labute approximate surface area is 114 Å². The van der Waals surface area contributed by atoms with E-state index in [1.54, 1.807) is 12.0 Å². The van der Waals surface area contributed by atoms with Crippen LogP contribution >= 0.6 is 0 Å². The number of carbonyl (C=O) groups is 1. The predicted molar refractivity (Wildman–Crippen MR) is 71.6 cm³/mol. The van der Waals surface area contributed by atoms with Crippen molar-refractivity contribution in [2.45, 2.75) is 18.9 Å². The number of amides is 1. The fraction of sp³-hybridized carbons (Fsp3) is 0.917. The highest BCUT2D eigenvalue weighted by Crippen LogP contribution is 2.20. The van der Waals surface area contributed by atoms with E-state index in [4.69, 9.17) is 4.74 Å². The maximum Gasteiger partial charge on any atom is 0.223 e. The lowest BCUT2D eigenvalue weighted by molar-refractivity contribution is -0.135. The van der Waals surface area contributed by atoms with Crippen LogP contribution in [0.1, 0.15) is 12.8 Å². The van der Waals surface area contributed by atoms with E-state index >= 15 is 0 Å². The van der Waals surface area contributed by atoms with Crippen molar-refractivity contribution in [3.05, 3.63) is 0 Å². The van der Waals surface area contributed by atoms with Crippen molar-refractivity contribution < 1.29 is 17.9 Å². The fourth-order valence-electron chi connectivity index (χ4n) is 2.58. The summed E-state index contributed by atoms with van der Waals surface area (Å²) in [6.45, 7) is 2.69. The molecular weight excluding hydrogens is 268 g/mol. The first-order valence-corrected chi connectivity index (χ1v) is 8.53. The van der Waals surface area contributed by atoms with E-state index in [9.17, 15) is 13.2 Å². The van der Waals surface area contributed by atoms with Crippen LogP contribution < -0.4 is 5.32 Å². The van der Waals surface area contributed by atoms with Gasteiger partial charge in [-0.3, -0.25) is 4.79 Å². The van der Waals surface area contributed by atoms with Gasteiger partial charge in [-0.05, 0) is 25.4 Å². The smallest absolute Gasteiger partial charge is 0.223 e. The van der Waals surface area contributed by atoms with Gasteiger partial charge in [-0.2, -0.15) is 0 Å². The molecule has 2 aliphatic rings. The Hall–Kier alpha value is -0.660. The van der Waals surface area contributed by atoms with Crippen molar-refractivity contribution in [2.75, 3.05) is 44.9 Å². The molecule has 19 heavy (non-hydrogen) atoms. The SMILES string of the molecule is COCCN(C(=O)CC1CNC1)C1CCS(=O)(=O)C1. The van der Waals surface area contributed by atoms with Gasteiger partial charge in [-0.1, -0.05) is 0 Å². The Morgan fingerprint density at radius 1 is 1.42 bits per heavy atom. The van der Waals surface area contributed by atoms with Crippen LogP contribution in [0.15, 0.2) is 0 Å². The minimum atomic E-state index is -2.97. The number of hydrogen-bond acceptors (Lipinski definition) is 5. The monoisotopic (exact) mass is 290 g/mol. The molecule has 2 fully saturated rings. The second-order valence-corrected chi connectivity index (χ2v) is 7.59. The van der Waals surface area contributed by atoms with Crippen molar-refractivity contribution >= 4 is 15.7 Å². The highest BCUT2D eigenvalue weighted by Gasteiger charge is 2.35. The Morgan fingerprint density at radius 2 is 2.16 bits per heavy atom. The van der Waals surface area contributed by atoms with E-state index < -0.39 is 9.84 Å². The molecule has 0 aromatic rings. The largest absolute Gasteiger partial charge is 0.383 e. The van der Waals surface area contributed by atoms with Gasteiger partial charge in [-0.25, -0.2) is 8.42 Å². The summed E-state index contributed by atoms with van der Waals surface area (Å²) in [5.41, 5.74) is 0.